The molecule has 1 fully saturated rings. The lowest BCUT2D eigenvalue weighted by Crippen LogP contribution is -2.56. The number of likely N-dealkylation sites (N-methyl/N-ethyl adjacent to an activating group) is 1. The summed E-state index contributed by atoms with van der Waals surface area (Å²) in [7, 11) is 0. The highest BCUT2D eigenvalue weighted by Crippen LogP contribution is 2.34. The van der Waals surface area contributed by atoms with Gasteiger partial charge >= 0.3 is 0 Å². The number of nitrogens with two attached hydrogens (primary N) is 1. The Bertz CT molecular complexity index is 277. The van der Waals surface area contributed by atoms with E-state index in [1.807, 2.05) is 20.8 Å². The van der Waals surface area contributed by atoms with Crippen molar-refractivity contribution in [1.29, 1.82) is 0 Å². The van der Waals surface area contributed by atoms with E-state index in [2.05, 4.69) is 17.1 Å². The van der Waals surface area contributed by atoms with E-state index < -0.39 is 0 Å². The predicted octanol–water partition coefficient (Wildman–Crippen LogP) is 1.49. The second kappa shape index (κ2) is 6.02. The predicted molar refractivity (Wildman–Crippen MR) is 75.4 cm³/mol. The van der Waals surface area contributed by atoms with Gasteiger partial charge in [0.15, 0.2) is 0 Å². The van der Waals surface area contributed by atoms with Gasteiger partial charge in [-0.05, 0) is 40.2 Å². The molecule has 18 heavy (non-hydrogen) atoms. The second-order valence-corrected chi connectivity index (χ2v) is 6.45. The maximum absolute atomic E-state index is 12.0. The molecule has 4 nitrogen and oxygen atoms in total. The molecule has 0 bridgehead atoms. The Kier molecular flexibility index (Phi) is 5.17. The molecular formula is C14H29N3O. The zero-order valence-corrected chi connectivity index (χ0v) is 12.4. The van der Waals surface area contributed by atoms with E-state index in [1.165, 1.54) is 12.8 Å². The third kappa shape index (κ3) is 3.95. The molecule has 4 heteroatoms. The van der Waals surface area contributed by atoms with Crippen LogP contribution in [-0.4, -0.2) is 41.5 Å². The minimum atomic E-state index is -0.165. The summed E-state index contributed by atoms with van der Waals surface area (Å²) < 4.78 is 0. The normalized spacial score (nSPS) is 19.2. The highest BCUT2D eigenvalue weighted by Gasteiger charge is 2.38. The molecule has 1 aliphatic carbocycles. The number of carbonyl (C=O) groups is 1. The van der Waals surface area contributed by atoms with Crippen LogP contribution in [0, 0.1) is 0 Å². The Morgan fingerprint density at radius 2 is 1.89 bits per heavy atom. The van der Waals surface area contributed by atoms with Crippen molar-refractivity contribution in [2.75, 3.05) is 19.6 Å². The third-order valence-corrected chi connectivity index (χ3v) is 3.82. The molecule has 1 amide bonds. The average molecular weight is 255 g/mol. The Labute approximate surface area is 111 Å². The first-order valence-electron chi connectivity index (χ1n) is 7.09. The number of carbonyl (C=O) groups excluding carboxylic acids is 1. The lowest BCUT2D eigenvalue weighted by Gasteiger charge is -2.40. The number of nitrogens with one attached hydrogen (secondary N) is 1. The summed E-state index contributed by atoms with van der Waals surface area (Å²) in [6.07, 6.45) is 4.71. The molecule has 0 spiro atoms. The smallest absolute Gasteiger partial charge is 0.234 e. The summed E-state index contributed by atoms with van der Waals surface area (Å²) in [4.78, 5) is 14.3. The zero-order chi connectivity index (χ0) is 13.8. The van der Waals surface area contributed by atoms with Crippen LogP contribution in [0.5, 0.6) is 0 Å². The average Bonchev–Trinajstić information content (AvgIpc) is 2.73. The van der Waals surface area contributed by atoms with Crippen molar-refractivity contribution in [1.82, 2.24) is 10.2 Å². The van der Waals surface area contributed by atoms with Gasteiger partial charge in [0.1, 0.15) is 0 Å². The summed E-state index contributed by atoms with van der Waals surface area (Å²) in [5, 5.41) is 3.03. The van der Waals surface area contributed by atoms with Crippen molar-refractivity contribution in [2.24, 2.45) is 5.73 Å². The van der Waals surface area contributed by atoms with Crippen LogP contribution >= 0.6 is 0 Å². The maximum atomic E-state index is 12.0. The van der Waals surface area contributed by atoms with Gasteiger partial charge in [-0.3, -0.25) is 9.69 Å². The molecule has 0 unspecified atom stereocenters. The molecule has 0 aromatic heterocycles. The maximum Gasteiger partial charge on any atom is 0.234 e. The first-order chi connectivity index (χ1) is 8.33. The SMILES string of the molecule is CCN(CC(=O)NC(C)(C)C)C1(CN)CCCC1. The molecule has 0 aromatic carbocycles. The molecule has 1 rings (SSSR count). The lowest BCUT2D eigenvalue weighted by molar-refractivity contribution is -0.125. The molecule has 0 radical (unpaired) electrons. The van der Waals surface area contributed by atoms with Crippen LogP contribution in [0.3, 0.4) is 0 Å². The van der Waals surface area contributed by atoms with Gasteiger partial charge in [0.2, 0.25) is 5.91 Å². The third-order valence-electron chi connectivity index (χ3n) is 3.82. The summed E-state index contributed by atoms with van der Waals surface area (Å²) in [5.41, 5.74) is 5.87. The molecular weight excluding hydrogens is 226 g/mol. The Morgan fingerprint density at radius 1 is 1.33 bits per heavy atom. The second-order valence-electron chi connectivity index (χ2n) is 6.45. The fourth-order valence-electron chi connectivity index (χ4n) is 2.93. The van der Waals surface area contributed by atoms with Gasteiger partial charge in [0, 0.05) is 17.6 Å². The van der Waals surface area contributed by atoms with Gasteiger partial charge in [0.25, 0.3) is 0 Å². The van der Waals surface area contributed by atoms with Gasteiger partial charge in [-0.1, -0.05) is 19.8 Å². The van der Waals surface area contributed by atoms with E-state index >= 15 is 0 Å². The number of nitrogens with zero attached hydrogens (tertiary/aromatic N) is 1. The quantitative estimate of drug-likeness (QED) is 0.782. The van der Waals surface area contributed by atoms with Crippen molar-refractivity contribution in [2.45, 2.75) is 64.5 Å². The van der Waals surface area contributed by atoms with Crippen LogP contribution in [0.2, 0.25) is 0 Å². The molecule has 0 aromatic rings. The van der Waals surface area contributed by atoms with Crippen molar-refractivity contribution in [3.8, 4) is 0 Å². The Morgan fingerprint density at radius 3 is 2.28 bits per heavy atom. The van der Waals surface area contributed by atoms with Crippen molar-refractivity contribution in [3.63, 3.8) is 0 Å². The van der Waals surface area contributed by atoms with Gasteiger partial charge in [-0.15, -0.1) is 0 Å². The van der Waals surface area contributed by atoms with E-state index in [1.54, 1.807) is 0 Å². The molecule has 3 N–H and O–H groups in total. The summed E-state index contributed by atoms with van der Waals surface area (Å²) in [6.45, 7) is 10.1. The van der Waals surface area contributed by atoms with Crippen molar-refractivity contribution >= 4 is 5.91 Å². The molecule has 1 aliphatic rings. The molecule has 0 aliphatic heterocycles. The summed E-state index contributed by atoms with van der Waals surface area (Å²) >= 11 is 0. The monoisotopic (exact) mass is 255 g/mol. The number of hydrogen-bond acceptors (Lipinski definition) is 3. The minimum Gasteiger partial charge on any atom is -0.350 e. The molecule has 1 saturated carbocycles. The van der Waals surface area contributed by atoms with Crippen LogP contribution in [0.15, 0.2) is 0 Å². The van der Waals surface area contributed by atoms with E-state index in [0.717, 1.165) is 19.4 Å². The van der Waals surface area contributed by atoms with Gasteiger partial charge < -0.3 is 11.1 Å². The van der Waals surface area contributed by atoms with E-state index in [4.69, 9.17) is 5.73 Å². The number of amides is 1. The van der Waals surface area contributed by atoms with Crippen molar-refractivity contribution in [3.05, 3.63) is 0 Å². The fraction of sp³-hybridized carbons (Fsp3) is 0.929. The van der Waals surface area contributed by atoms with Crippen LogP contribution < -0.4 is 11.1 Å². The topological polar surface area (TPSA) is 58.4 Å². The molecule has 0 saturated heterocycles. The van der Waals surface area contributed by atoms with E-state index in [9.17, 15) is 4.79 Å². The van der Waals surface area contributed by atoms with Crippen LogP contribution in [0.4, 0.5) is 0 Å². The van der Waals surface area contributed by atoms with E-state index in [-0.39, 0.29) is 17.0 Å². The highest BCUT2D eigenvalue weighted by atomic mass is 16.2. The molecule has 0 heterocycles. The number of hydrogen-bond donors (Lipinski definition) is 2. The minimum absolute atomic E-state index is 0.0595. The zero-order valence-electron chi connectivity index (χ0n) is 12.4. The Hall–Kier alpha value is -0.610. The molecule has 0 atom stereocenters. The fourth-order valence-corrected chi connectivity index (χ4v) is 2.93. The largest absolute Gasteiger partial charge is 0.350 e. The van der Waals surface area contributed by atoms with Gasteiger partial charge in [-0.25, -0.2) is 0 Å². The number of rotatable bonds is 5. The van der Waals surface area contributed by atoms with Crippen LogP contribution in [0.25, 0.3) is 0 Å². The first-order valence-corrected chi connectivity index (χ1v) is 7.09. The first kappa shape index (κ1) is 15.4. The van der Waals surface area contributed by atoms with Crippen LogP contribution in [-0.2, 0) is 4.79 Å². The standard InChI is InChI=1S/C14H29N3O/c1-5-17(10-12(18)16-13(2,3)4)14(11-15)8-6-7-9-14/h5-11,15H2,1-4H3,(H,16,18). The lowest BCUT2D eigenvalue weighted by atomic mass is 9.95. The van der Waals surface area contributed by atoms with E-state index in [0.29, 0.717) is 13.1 Å². The molecule has 106 valence electrons. The van der Waals surface area contributed by atoms with Crippen molar-refractivity contribution < 1.29 is 4.79 Å². The summed E-state index contributed by atoms with van der Waals surface area (Å²) in [5.74, 6) is 0.101. The van der Waals surface area contributed by atoms with Gasteiger partial charge in [-0.2, -0.15) is 0 Å². The van der Waals surface area contributed by atoms with Gasteiger partial charge in [0.05, 0.1) is 6.54 Å². The van der Waals surface area contributed by atoms with Crippen LogP contribution in [0.1, 0.15) is 53.4 Å². The Balaban J connectivity index is 2.63. The highest BCUT2D eigenvalue weighted by molar-refractivity contribution is 5.78. The summed E-state index contributed by atoms with van der Waals surface area (Å²) in [6, 6.07) is 0.